The fraction of sp³-hybridized carbons (Fsp3) is 0.857. The lowest BCUT2D eigenvalue weighted by molar-refractivity contribution is -0.136. The number of carbonyl (C=O) groups is 1. The van der Waals surface area contributed by atoms with Crippen LogP contribution in [0.15, 0.2) is 0 Å². The number of rotatable bonds is 5. The predicted octanol–water partition coefficient (Wildman–Crippen LogP) is 0.674. The van der Waals surface area contributed by atoms with Crippen LogP contribution in [0.5, 0.6) is 0 Å². The predicted molar refractivity (Wildman–Crippen MR) is 45.8 cm³/mol. The van der Waals surface area contributed by atoms with Crippen molar-refractivity contribution in [3.05, 3.63) is 0 Å². The summed E-state index contributed by atoms with van der Waals surface area (Å²) in [6.45, 7) is 3.06. The summed E-state index contributed by atoms with van der Waals surface area (Å²) in [5.41, 5.74) is 0. The average Bonchev–Trinajstić information content (AvgIpc) is 1.99. The van der Waals surface area contributed by atoms with Crippen molar-refractivity contribution in [1.82, 2.24) is 0 Å². The molecule has 1 atom stereocenters. The van der Waals surface area contributed by atoms with Crippen LogP contribution in [-0.2, 0) is 14.6 Å². The smallest absolute Gasteiger partial charge is 0.321 e. The Morgan fingerprint density at radius 2 is 2.00 bits per heavy atom. The van der Waals surface area contributed by atoms with E-state index in [1.165, 1.54) is 6.92 Å². The van der Waals surface area contributed by atoms with Gasteiger partial charge in [0.15, 0.2) is 15.1 Å². The normalized spacial score (nSPS) is 14.2. The van der Waals surface area contributed by atoms with E-state index >= 15 is 0 Å². The molecule has 72 valence electrons. The van der Waals surface area contributed by atoms with Crippen molar-refractivity contribution in [3.63, 3.8) is 0 Å². The maximum absolute atomic E-state index is 11.2. The van der Waals surface area contributed by atoms with Gasteiger partial charge < -0.3 is 5.11 Å². The number of sulfone groups is 1. The fourth-order valence-electron chi connectivity index (χ4n) is 0.676. The van der Waals surface area contributed by atoms with E-state index in [1.54, 1.807) is 0 Å². The molecule has 4 nitrogen and oxygen atoms in total. The largest absolute Gasteiger partial charge is 0.480 e. The molecule has 0 aliphatic heterocycles. The van der Waals surface area contributed by atoms with Gasteiger partial charge in [0.1, 0.15) is 0 Å². The minimum atomic E-state index is -3.42. The lowest BCUT2D eigenvalue weighted by Crippen LogP contribution is -2.28. The second-order valence-corrected chi connectivity index (χ2v) is 5.14. The molecule has 0 aromatic carbocycles. The molecule has 0 fully saturated rings. The van der Waals surface area contributed by atoms with E-state index in [0.717, 1.165) is 6.42 Å². The van der Waals surface area contributed by atoms with Crippen LogP contribution < -0.4 is 0 Å². The SMILES string of the molecule is CCCCS(=O)(=O)C(C)C(=O)O. The monoisotopic (exact) mass is 194 g/mol. The van der Waals surface area contributed by atoms with Crippen LogP contribution in [0.1, 0.15) is 26.7 Å². The van der Waals surface area contributed by atoms with Crippen molar-refractivity contribution in [3.8, 4) is 0 Å². The maximum Gasteiger partial charge on any atom is 0.321 e. The molecule has 0 aromatic heterocycles. The fourth-order valence-corrected chi connectivity index (χ4v) is 2.03. The van der Waals surface area contributed by atoms with Gasteiger partial charge >= 0.3 is 5.97 Å². The first-order chi connectivity index (χ1) is 5.41. The number of unbranched alkanes of at least 4 members (excludes halogenated alkanes) is 1. The zero-order valence-electron chi connectivity index (χ0n) is 7.28. The number of carboxylic acids is 1. The third-order valence-corrected chi connectivity index (χ3v) is 3.81. The third-order valence-electron chi connectivity index (χ3n) is 1.67. The molecule has 0 aromatic rings. The zero-order chi connectivity index (χ0) is 9.78. The van der Waals surface area contributed by atoms with Gasteiger partial charge in [-0.2, -0.15) is 0 Å². The van der Waals surface area contributed by atoms with Gasteiger partial charge in [0.2, 0.25) is 0 Å². The molecule has 0 saturated carbocycles. The first kappa shape index (κ1) is 11.4. The molecule has 12 heavy (non-hydrogen) atoms. The summed E-state index contributed by atoms with van der Waals surface area (Å²) in [7, 11) is -3.42. The van der Waals surface area contributed by atoms with E-state index in [4.69, 9.17) is 5.11 Å². The molecule has 0 aliphatic carbocycles. The van der Waals surface area contributed by atoms with Crippen molar-refractivity contribution < 1.29 is 18.3 Å². The Labute approximate surface area is 72.5 Å². The molecular formula is C7H14O4S. The molecule has 0 bridgehead atoms. The van der Waals surface area contributed by atoms with Gasteiger partial charge in [-0.1, -0.05) is 13.3 Å². The quantitative estimate of drug-likeness (QED) is 0.698. The van der Waals surface area contributed by atoms with Crippen LogP contribution in [-0.4, -0.2) is 30.5 Å². The van der Waals surface area contributed by atoms with Gasteiger partial charge in [0.25, 0.3) is 0 Å². The Bertz CT molecular complexity index is 242. The Hall–Kier alpha value is -0.580. The zero-order valence-corrected chi connectivity index (χ0v) is 8.10. The van der Waals surface area contributed by atoms with Crippen molar-refractivity contribution in [1.29, 1.82) is 0 Å². The van der Waals surface area contributed by atoms with E-state index in [-0.39, 0.29) is 5.75 Å². The summed E-state index contributed by atoms with van der Waals surface area (Å²) < 4.78 is 22.3. The molecule has 0 aliphatic rings. The van der Waals surface area contributed by atoms with E-state index in [1.807, 2.05) is 6.92 Å². The van der Waals surface area contributed by atoms with Gasteiger partial charge in [0.05, 0.1) is 5.75 Å². The minimum Gasteiger partial charge on any atom is -0.480 e. The average molecular weight is 194 g/mol. The molecule has 0 spiro atoms. The molecule has 1 unspecified atom stereocenters. The van der Waals surface area contributed by atoms with E-state index < -0.39 is 21.1 Å². The maximum atomic E-state index is 11.2. The molecule has 5 heteroatoms. The van der Waals surface area contributed by atoms with Crippen LogP contribution in [0.4, 0.5) is 0 Å². The van der Waals surface area contributed by atoms with Gasteiger partial charge in [-0.3, -0.25) is 4.79 Å². The molecule has 0 heterocycles. The Morgan fingerprint density at radius 1 is 1.50 bits per heavy atom. The van der Waals surface area contributed by atoms with Gasteiger partial charge in [-0.05, 0) is 13.3 Å². The van der Waals surface area contributed by atoms with Crippen LogP contribution in [0.25, 0.3) is 0 Å². The van der Waals surface area contributed by atoms with Crippen molar-refractivity contribution in [2.75, 3.05) is 5.75 Å². The summed E-state index contributed by atoms with van der Waals surface area (Å²) in [5.74, 6) is -1.30. The number of hydrogen-bond acceptors (Lipinski definition) is 3. The molecular weight excluding hydrogens is 180 g/mol. The van der Waals surface area contributed by atoms with Crippen LogP contribution in [0.2, 0.25) is 0 Å². The summed E-state index contributed by atoms with van der Waals surface area (Å²) in [6, 6.07) is 0. The lowest BCUT2D eigenvalue weighted by atomic mass is 10.4. The van der Waals surface area contributed by atoms with Crippen LogP contribution in [0, 0.1) is 0 Å². The highest BCUT2D eigenvalue weighted by molar-refractivity contribution is 7.92. The highest BCUT2D eigenvalue weighted by Gasteiger charge is 2.26. The second-order valence-electron chi connectivity index (χ2n) is 2.70. The van der Waals surface area contributed by atoms with E-state index in [9.17, 15) is 13.2 Å². The molecule has 0 radical (unpaired) electrons. The Balaban J connectivity index is 4.31. The molecule has 0 amide bonds. The van der Waals surface area contributed by atoms with Crippen LogP contribution in [0.3, 0.4) is 0 Å². The van der Waals surface area contributed by atoms with E-state index in [2.05, 4.69) is 0 Å². The Morgan fingerprint density at radius 3 is 2.33 bits per heavy atom. The van der Waals surface area contributed by atoms with Crippen molar-refractivity contribution >= 4 is 15.8 Å². The first-order valence-electron chi connectivity index (χ1n) is 3.86. The number of hydrogen-bond donors (Lipinski definition) is 1. The summed E-state index contributed by atoms with van der Waals surface area (Å²) in [6.07, 6.45) is 1.28. The second kappa shape index (κ2) is 4.45. The number of carboxylic acid groups (broad SMARTS) is 1. The van der Waals surface area contributed by atoms with Gasteiger partial charge in [-0.25, -0.2) is 8.42 Å². The first-order valence-corrected chi connectivity index (χ1v) is 5.57. The minimum absolute atomic E-state index is 0.0308. The molecule has 1 N–H and O–H groups in total. The highest BCUT2D eigenvalue weighted by Crippen LogP contribution is 2.05. The Kier molecular flexibility index (Phi) is 4.23. The summed E-state index contributed by atoms with van der Waals surface area (Å²) >= 11 is 0. The lowest BCUT2D eigenvalue weighted by Gasteiger charge is -2.06. The topological polar surface area (TPSA) is 71.4 Å². The van der Waals surface area contributed by atoms with Gasteiger partial charge in [-0.15, -0.1) is 0 Å². The third kappa shape index (κ3) is 3.21. The van der Waals surface area contributed by atoms with Gasteiger partial charge in [0, 0.05) is 0 Å². The summed E-state index contributed by atoms with van der Waals surface area (Å²) in [4.78, 5) is 10.3. The summed E-state index contributed by atoms with van der Waals surface area (Å²) in [5, 5.41) is 7.16. The molecule has 0 saturated heterocycles. The van der Waals surface area contributed by atoms with Crippen molar-refractivity contribution in [2.24, 2.45) is 0 Å². The van der Waals surface area contributed by atoms with E-state index in [0.29, 0.717) is 6.42 Å². The highest BCUT2D eigenvalue weighted by atomic mass is 32.2. The standard InChI is InChI=1S/C7H14O4S/c1-3-4-5-12(10,11)6(2)7(8)9/h6H,3-5H2,1-2H3,(H,8,9). The number of aliphatic carboxylic acids is 1. The molecule has 0 rings (SSSR count). The van der Waals surface area contributed by atoms with Crippen LogP contribution >= 0.6 is 0 Å². The van der Waals surface area contributed by atoms with Crippen molar-refractivity contribution in [2.45, 2.75) is 31.9 Å².